The van der Waals surface area contributed by atoms with Crippen molar-refractivity contribution in [1.82, 2.24) is 20.3 Å². The van der Waals surface area contributed by atoms with Crippen molar-refractivity contribution in [3.63, 3.8) is 0 Å². The maximum atomic E-state index is 10.1. The molecule has 1 fully saturated rings. The van der Waals surface area contributed by atoms with E-state index in [2.05, 4.69) is 20.3 Å². The molecule has 3 rings (SSSR count). The van der Waals surface area contributed by atoms with Crippen LogP contribution in [0.5, 0.6) is 5.88 Å². The molecule has 0 saturated carbocycles. The smallest absolute Gasteiger partial charge is 0.241 e. The number of H-pyrrole nitrogens is 1. The molecule has 0 spiro atoms. The summed E-state index contributed by atoms with van der Waals surface area (Å²) in [6.07, 6.45) is 1.01. The predicted octanol–water partition coefficient (Wildman–Crippen LogP) is -1.31. The Kier molecular flexibility index (Phi) is 3.30. The van der Waals surface area contributed by atoms with Crippen LogP contribution in [0.25, 0.3) is 11.0 Å². The van der Waals surface area contributed by atoms with E-state index in [9.17, 15) is 15.3 Å². The number of aromatic nitrogens is 3. The molecule has 2 aromatic heterocycles. The molecule has 4 atom stereocenters. The van der Waals surface area contributed by atoms with Crippen molar-refractivity contribution in [2.75, 3.05) is 13.7 Å². The second-order valence-electron chi connectivity index (χ2n) is 4.77. The fraction of sp³-hybridized carbons (Fsp3) is 0.500. The van der Waals surface area contributed by atoms with E-state index in [1.165, 1.54) is 13.4 Å². The van der Waals surface area contributed by atoms with Crippen LogP contribution in [0.2, 0.25) is 0 Å². The molecule has 0 aliphatic carbocycles. The van der Waals surface area contributed by atoms with Gasteiger partial charge in [-0.15, -0.1) is 0 Å². The average Bonchev–Trinajstić information content (AvgIpc) is 3.01. The highest BCUT2D eigenvalue weighted by Crippen LogP contribution is 2.33. The molecule has 0 radical (unpaired) electrons. The van der Waals surface area contributed by atoms with Gasteiger partial charge >= 0.3 is 0 Å². The number of hydrogen-bond donors (Lipinski definition) is 5. The highest BCUT2D eigenvalue weighted by Gasteiger charge is 2.42. The number of fused-ring (bicyclic) bond motifs is 1. The summed E-state index contributed by atoms with van der Waals surface area (Å²) < 4.78 is 5.14. The summed E-state index contributed by atoms with van der Waals surface area (Å²) in [6, 6.07) is -1.08. The first-order chi connectivity index (χ1) is 9.67. The number of aliphatic hydroxyl groups excluding tert-OH is 3. The van der Waals surface area contributed by atoms with Crippen LogP contribution in [0.4, 0.5) is 0 Å². The number of aromatic amines is 1. The third-order valence-corrected chi connectivity index (χ3v) is 3.68. The van der Waals surface area contributed by atoms with E-state index in [1.807, 2.05) is 0 Å². The van der Waals surface area contributed by atoms with E-state index in [4.69, 9.17) is 4.74 Å². The van der Waals surface area contributed by atoms with E-state index in [1.54, 1.807) is 6.20 Å². The van der Waals surface area contributed by atoms with Gasteiger partial charge in [0.2, 0.25) is 5.88 Å². The van der Waals surface area contributed by atoms with Gasteiger partial charge in [0.05, 0.1) is 31.9 Å². The molecule has 0 bridgehead atoms. The Morgan fingerprint density at radius 3 is 2.75 bits per heavy atom. The van der Waals surface area contributed by atoms with Crippen molar-refractivity contribution >= 4 is 11.0 Å². The van der Waals surface area contributed by atoms with Crippen LogP contribution in [0, 0.1) is 0 Å². The number of rotatable bonds is 3. The van der Waals surface area contributed by atoms with E-state index >= 15 is 0 Å². The van der Waals surface area contributed by atoms with E-state index in [-0.39, 0.29) is 6.61 Å². The molecular weight excluding hydrogens is 264 g/mol. The van der Waals surface area contributed by atoms with E-state index in [0.717, 1.165) is 0 Å². The van der Waals surface area contributed by atoms with Gasteiger partial charge in [-0.25, -0.2) is 4.98 Å². The molecule has 0 aromatic carbocycles. The van der Waals surface area contributed by atoms with Crippen LogP contribution in [0.1, 0.15) is 11.6 Å². The third-order valence-electron chi connectivity index (χ3n) is 3.68. The third kappa shape index (κ3) is 1.85. The Hall–Kier alpha value is -1.74. The SMILES string of the molecule is COc1ncnc2c([C@@H]3N[C@H](CO)[C@H](O)C3O)c[nH]c12. The summed E-state index contributed by atoms with van der Waals surface area (Å²) in [5, 5.41) is 32.1. The zero-order chi connectivity index (χ0) is 14.3. The number of hydrogen-bond acceptors (Lipinski definition) is 7. The van der Waals surface area contributed by atoms with Gasteiger partial charge < -0.3 is 30.4 Å². The van der Waals surface area contributed by atoms with E-state index in [0.29, 0.717) is 22.5 Å². The Bertz CT molecular complexity index is 617. The Morgan fingerprint density at radius 1 is 1.30 bits per heavy atom. The van der Waals surface area contributed by atoms with Crippen molar-refractivity contribution in [1.29, 1.82) is 0 Å². The standard InChI is InChI=1S/C12H16N4O4/c1-20-12-9-7(14-4-15-12)5(2-13-9)8-11(19)10(18)6(3-17)16-8/h2,4,6,8,10-11,13,16-19H,3H2,1H3/t6-,8+,10+,11?/m1/s1. The second-order valence-corrected chi connectivity index (χ2v) is 4.77. The first-order valence-corrected chi connectivity index (χ1v) is 6.26. The molecule has 1 unspecified atom stereocenters. The lowest BCUT2D eigenvalue weighted by molar-refractivity contribution is 0.0196. The number of ether oxygens (including phenoxy) is 1. The first-order valence-electron chi connectivity index (χ1n) is 6.26. The molecule has 1 aliphatic rings. The summed E-state index contributed by atoms with van der Waals surface area (Å²) >= 11 is 0. The first kappa shape index (κ1) is 13.3. The van der Waals surface area contributed by atoms with Crippen LogP contribution in [-0.4, -0.2) is 62.2 Å². The molecule has 5 N–H and O–H groups in total. The zero-order valence-electron chi connectivity index (χ0n) is 10.8. The van der Waals surface area contributed by atoms with Crippen LogP contribution >= 0.6 is 0 Å². The van der Waals surface area contributed by atoms with Gasteiger partial charge in [0.25, 0.3) is 0 Å². The van der Waals surface area contributed by atoms with E-state index < -0.39 is 24.3 Å². The molecule has 8 nitrogen and oxygen atoms in total. The minimum absolute atomic E-state index is 0.255. The molecule has 20 heavy (non-hydrogen) atoms. The number of methoxy groups -OCH3 is 1. The highest BCUT2D eigenvalue weighted by molar-refractivity contribution is 5.83. The molecule has 0 amide bonds. The summed E-state index contributed by atoms with van der Waals surface area (Å²) in [5.41, 5.74) is 1.93. The molecule has 1 saturated heterocycles. The summed E-state index contributed by atoms with van der Waals surface area (Å²) in [5.74, 6) is 0.410. The molecule has 2 aromatic rings. The summed E-state index contributed by atoms with van der Waals surface area (Å²) in [6.45, 7) is -0.255. The molecule has 108 valence electrons. The molecular formula is C12H16N4O4. The van der Waals surface area contributed by atoms with Gasteiger partial charge in [0, 0.05) is 11.8 Å². The van der Waals surface area contributed by atoms with Gasteiger partial charge in [-0.3, -0.25) is 0 Å². The normalized spacial score (nSPS) is 30.0. The van der Waals surface area contributed by atoms with Gasteiger partial charge in [-0.05, 0) is 0 Å². The Balaban J connectivity index is 2.03. The largest absolute Gasteiger partial charge is 0.479 e. The van der Waals surface area contributed by atoms with Crippen molar-refractivity contribution in [2.45, 2.75) is 24.3 Å². The lowest BCUT2D eigenvalue weighted by Gasteiger charge is -2.14. The molecule has 8 heteroatoms. The van der Waals surface area contributed by atoms with Crippen LogP contribution in [0.3, 0.4) is 0 Å². The monoisotopic (exact) mass is 280 g/mol. The summed E-state index contributed by atoms with van der Waals surface area (Å²) in [7, 11) is 1.51. The number of nitrogens with one attached hydrogen (secondary N) is 2. The maximum Gasteiger partial charge on any atom is 0.241 e. The lowest BCUT2D eigenvalue weighted by Crippen LogP contribution is -2.35. The lowest BCUT2D eigenvalue weighted by atomic mass is 10.0. The predicted molar refractivity (Wildman–Crippen MR) is 69.2 cm³/mol. The summed E-state index contributed by atoms with van der Waals surface area (Å²) in [4.78, 5) is 11.2. The van der Waals surface area contributed by atoms with Crippen LogP contribution in [-0.2, 0) is 0 Å². The van der Waals surface area contributed by atoms with Gasteiger partial charge in [0.1, 0.15) is 23.5 Å². The van der Waals surface area contributed by atoms with Crippen molar-refractivity contribution in [2.24, 2.45) is 0 Å². The maximum absolute atomic E-state index is 10.1. The van der Waals surface area contributed by atoms with Gasteiger partial charge in [-0.1, -0.05) is 0 Å². The van der Waals surface area contributed by atoms with Gasteiger partial charge in [-0.2, -0.15) is 4.98 Å². The number of aliphatic hydroxyl groups is 3. The minimum atomic E-state index is -1.03. The topological polar surface area (TPSA) is 124 Å². The number of nitrogens with zero attached hydrogens (tertiary/aromatic N) is 2. The second kappa shape index (κ2) is 4.98. The minimum Gasteiger partial charge on any atom is -0.479 e. The fourth-order valence-electron chi connectivity index (χ4n) is 2.63. The van der Waals surface area contributed by atoms with Crippen LogP contribution < -0.4 is 10.1 Å². The van der Waals surface area contributed by atoms with Gasteiger partial charge in [0.15, 0.2) is 0 Å². The van der Waals surface area contributed by atoms with Crippen molar-refractivity contribution in [3.8, 4) is 5.88 Å². The molecule has 1 aliphatic heterocycles. The van der Waals surface area contributed by atoms with Crippen molar-refractivity contribution < 1.29 is 20.1 Å². The average molecular weight is 280 g/mol. The molecule has 3 heterocycles. The Morgan fingerprint density at radius 2 is 2.10 bits per heavy atom. The Labute approximate surface area is 114 Å². The zero-order valence-corrected chi connectivity index (χ0v) is 10.8. The quantitative estimate of drug-likeness (QED) is 0.473. The fourth-order valence-corrected chi connectivity index (χ4v) is 2.63. The van der Waals surface area contributed by atoms with Crippen molar-refractivity contribution in [3.05, 3.63) is 18.1 Å². The highest BCUT2D eigenvalue weighted by atomic mass is 16.5. The van der Waals surface area contributed by atoms with Crippen LogP contribution in [0.15, 0.2) is 12.5 Å².